The van der Waals surface area contributed by atoms with Crippen molar-refractivity contribution in [3.8, 4) is 5.75 Å². The summed E-state index contributed by atoms with van der Waals surface area (Å²) in [6.07, 6.45) is -0.429. The maximum atomic E-state index is 11.2. The molecule has 0 aliphatic carbocycles. The highest BCUT2D eigenvalue weighted by Crippen LogP contribution is 2.31. The molecule has 2 aromatic carbocycles. The minimum absolute atomic E-state index is 0.0845. The summed E-state index contributed by atoms with van der Waals surface area (Å²) in [7, 11) is 3.21. The molecule has 1 atom stereocenters. The summed E-state index contributed by atoms with van der Waals surface area (Å²) in [6, 6.07) is 15.5. The van der Waals surface area contributed by atoms with E-state index in [4.69, 9.17) is 9.47 Å². The Labute approximate surface area is 124 Å². The molecule has 0 saturated heterocycles. The van der Waals surface area contributed by atoms with E-state index in [9.17, 15) is 4.79 Å². The van der Waals surface area contributed by atoms with E-state index >= 15 is 0 Å². The molecule has 1 heterocycles. The number of carbonyl (C=O) groups excluding carboxylic acids is 1. The molecular formula is C17H19NO3. The van der Waals surface area contributed by atoms with E-state index in [1.165, 1.54) is 12.7 Å². The van der Waals surface area contributed by atoms with Crippen molar-refractivity contribution in [2.24, 2.45) is 0 Å². The van der Waals surface area contributed by atoms with Crippen molar-refractivity contribution < 1.29 is 14.3 Å². The average molecular weight is 285 g/mol. The van der Waals surface area contributed by atoms with Crippen LogP contribution in [0.3, 0.4) is 0 Å². The SMILES string of the molecule is COC1C(=O)Nc2ccccc21.COc1cccc(C)c1. The average Bonchev–Trinajstić information content (AvgIpc) is 2.83. The third-order valence-corrected chi connectivity index (χ3v) is 3.20. The molecule has 110 valence electrons. The number of methoxy groups -OCH3 is 2. The Balaban J connectivity index is 0.000000161. The van der Waals surface area contributed by atoms with Crippen LogP contribution >= 0.6 is 0 Å². The molecule has 0 bridgehead atoms. The molecule has 2 aromatic rings. The first-order chi connectivity index (χ1) is 10.2. The number of carbonyl (C=O) groups is 1. The second-order valence-corrected chi connectivity index (χ2v) is 4.71. The Morgan fingerprint density at radius 1 is 1.05 bits per heavy atom. The summed E-state index contributed by atoms with van der Waals surface area (Å²) in [6.45, 7) is 2.04. The van der Waals surface area contributed by atoms with Crippen LogP contribution in [-0.4, -0.2) is 20.1 Å². The van der Waals surface area contributed by atoms with Crippen LogP contribution < -0.4 is 10.1 Å². The molecule has 1 unspecified atom stereocenters. The van der Waals surface area contributed by atoms with Crippen LogP contribution in [0.1, 0.15) is 17.2 Å². The van der Waals surface area contributed by atoms with Gasteiger partial charge < -0.3 is 14.8 Å². The van der Waals surface area contributed by atoms with Crippen LogP contribution in [0.5, 0.6) is 5.75 Å². The number of rotatable bonds is 2. The lowest BCUT2D eigenvalue weighted by molar-refractivity contribution is -0.125. The normalized spacial score (nSPS) is 15.6. The number of hydrogen-bond acceptors (Lipinski definition) is 3. The summed E-state index contributed by atoms with van der Waals surface area (Å²) in [5.74, 6) is 0.841. The zero-order chi connectivity index (χ0) is 15.2. The smallest absolute Gasteiger partial charge is 0.258 e. The Morgan fingerprint density at radius 2 is 1.81 bits per heavy atom. The van der Waals surface area contributed by atoms with Crippen LogP contribution in [0.25, 0.3) is 0 Å². The molecule has 1 aliphatic heterocycles. The summed E-state index contributed by atoms with van der Waals surface area (Å²) in [4.78, 5) is 11.2. The number of amides is 1. The maximum absolute atomic E-state index is 11.2. The first-order valence-electron chi connectivity index (χ1n) is 6.69. The quantitative estimate of drug-likeness (QED) is 0.920. The van der Waals surface area contributed by atoms with Crippen molar-refractivity contribution in [2.75, 3.05) is 19.5 Å². The largest absolute Gasteiger partial charge is 0.497 e. The molecular weight excluding hydrogens is 266 g/mol. The van der Waals surface area contributed by atoms with Crippen molar-refractivity contribution in [1.82, 2.24) is 0 Å². The highest BCUT2D eigenvalue weighted by molar-refractivity contribution is 6.01. The first kappa shape index (κ1) is 15.1. The highest BCUT2D eigenvalue weighted by atomic mass is 16.5. The van der Waals surface area contributed by atoms with Crippen LogP contribution in [0.2, 0.25) is 0 Å². The molecule has 0 spiro atoms. The topological polar surface area (TPSA) is 47.6 Å². The molecule has 3 rings (SSSR count). The van der Waals surface area contributed by atoms with Crippen LogP contribution in [0, 0.1) is 6.92 Å². The molecule has 4 heteroatoms. The minimum atomic E-state index is -0.429. The Kier molecular flexibility index (Phi) is 4.95. The van der Waals surface area contributed by atoms with E-state index in [2.05, 4.69) is 5.32 Å². The molecule has 1 amide bonds. The van der Waals surface area contributed by atoms with Crippen LogP contribution in [-0.2, 0) is 9.53 Å². The zero-order valence-corrected chi connectivity index (χ0v) is 12.4. The van der Waals surface area contributed by atoms with Crippen molar-refractivity contribution in [3.63, 3.8) is 0 Å². The van der Waals surface area contributed by atoms with Gasteiger partial charge in [-0.2, -0.15) is 0 Å². The van der Waals surface area contributed by atoms with Crippen molar-refractivity contribution in [1.29, 1.82) is 0 Å². The van der Waals surface area contributed by atoms with Gasteiger partial charge in [-0.1, -0.05) is 30.3 Å². The fraction of sp³-hybridized carbons (Fsp3) is 0.235. The van der Waals surface area contributed by atoms with Gasteiger partial charge in [0.15, 0.2) is 6.10 Å². The van der Waals surface area contributed by atoms with E-state index in [0.717, 1.165) is 17.0 Å². The van der Waals surface area contributed by atoms with E-state index in [-0.39, 0.29) is 5.91 Å². The Morgan fingerprint density at radius 3 is 2.43 bits per heavy atom. The van der Waals surface area contributed by atoms with Gasteiger partial charge in [-0.05, 0) is 30.7 Å². The summed E-state index contributed by atoms with van der Waals surface area (Å²) in [5.41, 5.74) is 3.01. The first-order valence-corrected chi connectivity index (χ1v) is 6.69. The number of aryl methyl sites for hydroxylation is 1. The number of benzene rings is 2. The lowest BCUT2D eigenvalue weighted by atomic mass is 10.1. The number of hydrogen-bond donors (Lipinski definition) is 1. The monoisotopic (exact) mass is 285 g/mol. The second kappa shape index (κ2) is 6.90. The Hall–Kier alpha value is -2.33. The number of anilines is 1. The number of para-hydroxylation sites is 1. The maximum Gasteiger partial charge on any atom is 0.258 e. The third kappa shape index (κ3) is 3.61. The highest BCUT2D eigenvalue weighted by Gasteiger charge is 2.29. The van der Waals surface area contributed by atoms with Gasteiger partial charge >= 0.3 is 0 Å². The second-order valence-electron chi connectivity index (χ2n) is 4.71. The summed E-state index contributed by atoms with van der Waals surface area (Å²) < 4.78 is 10.0. The molecule has 0 fully saturated rings. The number of nitrogens with one attached hydrogen (secondary N) is 1. The number of ether oxygens (including phenoxy) is 2. The molecule has 0 aromatic heterocycles. The lowest BCUT2D eigenvalue weighted by Crippen LogP contribution is -2.13. The molecule has 0 radical (unpaired) electrons. The van der Waals surface area contributed by atoms with Gasteiger partial charge in [0.05, 0.1) is 7.11 Å². The third-order valence-electron chi connectivity index (χ3n) is 3.20. The molecule has 0 saturated carbocycles. The standard InChI is InChI=1S/C9H9NO2.C8H10O/c1-12-8-6-4-2-3-5-7(6)10-9(8)11;1-7-4-3-5-8(6-7)9-2/h2-5,8H,1H3,(H,10,11);3-6H,1-2H3. The van der Waals surface area contributed by atoms with Gasteiger partial charge in [-0.3, -0.25) is 4.79 Å². The van der Waals surface area contributed by atoms with Gasteiger partial charge in [0.25, 0.3) is 5.91 Å². The van der Waals surface area contributed by atoms with E-state index < -0.39 is 6.10 Å². The predicted octanol–water partition coefficient (Wildman–Crippen LogP) is 3.33. The fourth-order valence-corrected chi connectivity index (χ4v) is 2.16. The minimum Gasteiger partial charge on any atom is -0.497 e. The molecule has 21 heavy (non-hydrogen) atoms. The van der Waals surface area contributed by atoms with E-state index in [0.29, 0.717) is 0 Å². The molecule has 1 N–H and O–H groups in total. The van der Waals surface area contributed by atoms with Crippen LogP contribution in [0.4, 0.5) is 5.69 Å². The van der Waals surface area contributed by atoms with E-state index in [1.54, 1.807) is 7.11 Å². The summed E-state index contributed by atoms with van der Waals surface area (Å²) >= 11 is 0. The zero-order valence-electron chi connectivity index (χ0n) is 12.4. The molecule has 4 nitrogen and oxygen atoms in total. The van der Waals surface area contributed by atoms with Gasteiger partial charge in [0.1, 0.15) is 5.75 Å². The van der Waals surface area contributed by atoms with Crippen molar-refractivity contribution >= 4 is 11.6 Å². The van der Waals surface area contributed by atoms with Crippen LogP contribution in [0.15, 0.2) is 48.5 Å². The van der Waals surface area contributed by atoms with Gasteiger partial charge in [0.2, 0.25) is 0 Å². The fourth-order valence-electron chi connectivity index (χ4n) is 2.16. The van der Waals surface area contributed by atoms with Gasteiger partial charge in [0, 0.05) is 18.4 Å². The van der Waals surface area contributed by atoms with E-state index in [1.807, 2.05) is 55.5 Å². The number of fused-ring (bicyclic) bond motifs is 1. The van der Waals surface area contributed by atoms with Gasteiger partial charge in [-0.15, -0.1) is 0 Å². The lowest BCUT2D eigenvalue weighted by Gasteiger charge is -2.04. The predicted molar refractivity (Wildman–Crippen MR) is 82.6 cm³/mol. The molecule has 1 aliphatic rings. The van der Waals surface area contributed by atoms with Gasteiger partial charge in [-0.25, -0.2) is 0 Å². The van der Waals surface area contributed by atoms with Crippen molar-refractivity contribution in [3.05, 3.63) is 59.7 Å². The van der Waals surface area contributed by atoms with Crippen molar-refractivity contribution in [2.45, 2.75) is 13.0 Å². The summed E-state index contributed by atoms with van der Waals surface area (Å²) in [5, 5.41) is 2.73. The Bertz CT molecular complexity index is 625.